The Balaban J connectivity index is 1.84. The molecule has 8 N–H and O–H groups in total. The van der Waals surface area contributed by atoms with Crippen molar-refractivity contribution in [1.82, 2.24) is 0 Å². The summed E-state index contributed by atoms with van der Waals surface area (Å²) >= 11 is 1.02. The highest BCUT2D eigenvalue weighted by Gasteiger charge is 2.13. The molecule has 1 amide bonds. The summed E-state index contributed by atoms with van der Waals surface area (Å²) in [4.78, 5) is 13.2. The molecule has 0 radical (unpaired) electrons. The maximum atomic E-state index is 12.5. The quantitative estimate of drug-likeness (QED) is 0.266. The highest BCUT2D eigenvalue weighted by molar-refractivity contribution is 7.97. The van der Waals surface area contributed by atoms with Crippen molar-refractivity contribution < 1.29 is 9.21 Å². The molecule has 0 bridgehead atoms. The number of nitrogens with one attached hydrogen (secondary N) is 2. The summed E-state index contributed by atoms with van der Waals surface area (Å²) in [6, 6.07) is 11.5. The largest absolute Gasteiger partial charge is 0.472 e. The van der Waals surface area contributed by atoms with Crippen LogP contribution in [0.5, 0.6) is 0 Å². The molecule has 0 saturated carbocycles. The molecule has 0 atom stereocenters. The van der Waals surface area contributed by atoms with Gasteiger partial charge in [-0.2, -0.15) is 0 Å². The Hall–Kier alpha value is -3.23. The van der Waals surface area contributed by atoms with Gasteiger partial charge in [-0.3, -0.25) is 15.3 Å². The Labute approximate surface area is 154 Å². The second kappa shape index (κ2) is 7.34. The number of amides is 1. The average Bonchev–Trinajstić information content (AvgIpc) is 3.17. The molecule has 132 valence electrons. The number of hydrogen-bond donors (Lipinski definition) is 5. The minimum absolute atomic E-state index is 0.209. The van der Waals surface area contributed by atoms with Crippen molar-refractivity contribution in [3.63, 3.8) is 0 Å². The van der Waals surface area contributed by atoms with Crippen LogP contribution in [0, 0.1) is 5.41 Å². The van der Waals surface area contributed by atoms with Crippen molar-refractivity contribution in [2.75, 3.05) is 16.8 Å². The molecule has 0 fully saturated rings. The van der Waals surface area contributed by atoms with Gasteiger partial charge in [0.05, 0.1) is 18.2 Å². The third kappa shape index (κ3) is 3.56. The summed E-state index contributed by atoms with van der Waals surface area (Å²) in [6.07, 6.45) is 2.95. The Bertz CT molecular complexity index is 970. The van der Waals surface area contributed by atoms with Gasteiger partial charge >= 0.3 is 0 Å². The first-order chi connectivity index (χ1) is 12.5. The van der Waals surface area contributed by atoms with Gasteiger partial charge in [-0.1, -0.05) is 0 Å². The van der Waals surface area contributed by atoms with Crippen LogP contribution in [0.4, 0.5) is 17.1 Å². The Morgan fingerprint density at radius 1 is 1.04 bits per heavy atom. The van der Waals surface area contributed by atoms with Crippen LogP contribution in [0.25, 0.3) is 0 Å². The normalized spacial score (nSPS) is 10.5. The van der Waals surface area contributed by atoms with E-state index < -0.39 is 0 Å². The van der Waals surface area contributed by atoms with Crippen LogP contribution < -0.4 is 21.9 Å². The Morgan fingerprint density at radius 3 is 2.50 bits per heavy atom. The summed E-state index contributed by atoms with van der Waals surface area (Å²) in [5, 5.41) is 16.5. The monoisotopic (exact) mass is 367 g/mol. The highest BCUT2D eigenvalue weighted by atomic mass is 32.2. The molecule has 1 aromatic heterocycles. The lowest BCUT2D eigenvalue weighted by atomic mass is 10.0. The molecular formula is C18H17N5O2S. The molecule has 0 aliphatic heterocycles. The smallest absolute Gasteiger partial charge is 0.255 e. The predicted octanol–water partition coefficient (Wildman–Crippen LogP) is 3.08. The third-order valence-corrected chi connectivity index (χ3v) is 4.42. The molecule has 3 rings (SSSR count). The number of hydrogen-bond acceptors (Lipinski definition) is 7. The second-order valence-electron chi connectivity index (χ2n) is 5.51. The van der Waals surface area contributed by atoms with Crippen molar-refractivity contribution in [1.29, 1.82) is 5.41 Å². The van der Waals surface area contributed by atoms with Crippen molar-refractivity contribution in [2.45, 2.75) is 4.90 Å². The average molecular weight is 367 g/mol. The Kier molecular flexibility index (Phi) is 4.97. The molecule has 3 aromatic rings. The zero-order chi connectivity index (χ0) is 18.7. The van der Waals surface area contributed by atoms with Crippen molar-refractivity contribution >= 4 is 40.6 Å². The molecule has 0 spiro atoms. The van der Waals surface area contributed by atoms with Crippen LogP contribution in [0.3, 0.4) is 0 Å². The van der Waals surface area contributed by atoms with E-state index in [1.165, 1.54) is 12.5 Å². The SMILES string of the molecule is N=C(c1ccoc1)c1cc(NC(=O)c2ccc(SN)c(N)c2)ccc1N. The van der Waals surface area contributed by atoms with Gasteiger partial charge in [0.2, 0.25) is 0 Å². The summed E-state index contributed by atoms with van der Waals surface area (Å²) in [7, 11) is 0. The van der Waals surface area contributed by atoms with Gasteiger partial charge in [0, 0.05) is 38.6 Å². The fourth-order valence-corrected chi connectivity index (χ4v) is 2.75. The van der Waals surface area contributed by atoms with Gasteiger partial charge in [-0.05, 0) is 54.4 Å². The summed E-state index contributed by atoms with van der Waals surface area (Å²) < 4.78 is 5.01. The molecule has 0 aliphatic rings. The highest BCUT2D eigenvalue weighted by Crippen LogP contribution is 2.24. The van der Waals surface area contributed by atoms with E-state index >= 15 is 0 Å². The zero-order valence-corrected chi connectivity index (χ0v) is 14.5. The molecule has 26 heavy (non-hydrogen) atoms. The molecule has 2 aromatic carbocycles. The number of nitrogens with two attached hydrogens (primary N) is 3. The number of rotatable bonds is 5. The predicted molar refractivity (Wildman–Crippen MR) is 104 cm³/mol. The molecule has 0 unspecified atom stereocenters. The minimum atomic E-state index is -0.323. The van der Waals surface area contributed by atoms with Gasteiger partial charge in [0.15, 0.2) is 0 Å². The van der Waals surface area contributed by atoms with E-state index in [0.717, 1.165) is 11.9 Å². The van der Waals surface area contributed by atoms with Gasteiger partial charge in [0.25, 0.3) is 5.91 Å². The number of nitrogen functional groups attached to an aromatic ring is 2. The van der Waals surface area contributed by atoms with E-state index in [4.69, 9.17) is 26.4 Å². The first-order valence-electron chi connectivity index (χ1n) is 7.58. The fourth-order valence-electron chi connectivity index (χ4n) is 2.41. The number of carbonyl (C=O) groups excluding carboxylic acids is 1. The summed E-state index contributed by atoms with van der Waals surface area (Å²) in [5.74, 6) is -0.323. The maximum Gasteiger partial charge on any atom is 0.255 e. The van der Waals surface area contributed by atoms with Gasteiger partial charge < -0.3 is 21.2 Å². The van der Waals surface area contributed by atoms with E-state index in [9.17, 15) is 4.79 Å². The van der Waals surface area contributed by atoms with E-state index in [1.54, 1.807) is 42.5 Å². The summed E-state index contributed by atoms with van der Waals surface area (Å²) in [6.45, 7) is 0. The molecule has 1 heterocycles. The summed E-state index contributed by atoms with van der Waals surface area (Å²) in [5.41, 5.74) is 14.9. The van der Waals surface area contributed by atoms with E-state index in [0.29, 0.717) is 38.6 Å². The van der Waals surface area contributed by atoms with Gasteiger partial charge in [-0.25, -0.2) is 0 Å². The number of anilines is 3. The molecule has 8 heteroatoms. The van der Waals surface area contributed by atoms with E-state index in [1.807, 2.05) is 0 Å². The Morgan fingerprint density at radius 2 is 1.85 bits per heavy atom. The first kappa shape index (κ1) is 17.6. The fraction of sp³-hybridized carbons (Fsp3) is 0. The van der Waals surface area contributed by atoms with E-state index in [2.05, 4.69) is 5.32 Å². The zero-order valence-electron chi connectivity index (χ0n) is 13.7. The minimum Gasteiger partial charge on any atom is -0.472 e. The van der Waals surface area contributed by atoms with Crippen molar-refractivity contribution in [3.8, 4) is 0 Å². The molecule has 0 saturated heterocycles. The van der Waals surface area contributed by atoms with Crippen LogP contribution in [0.1, 0.15) is 21.5 Å². The van der Waals surface area contributed by atoms with E-state index in [-0.39, 0.29) is 11.6 Å². The van der Waals surface area contributed by atoms with Crippen LogP contribution in [0.2, 0.25) is 0 Å². The van der Waals surface area contributed by atoms with Gasteiger partial charge in [0.1, 0.15) is 0 Å². The second-order valence-corrected chi connectivity index (χ2v) is 6.19. The lowest BCUT2D eigenvalue weighted by Gasteiger charge is -2.11. The first-order valence-corrected chi connectivity index (χ1v) is 8.46. The molecule has 7 nitrogen and oxygen atoms in total. The number of carbonyl (C=O) groups is 1. The molecule has 0 aliphatic carbocycles. The number of benzene rings is 2. The van der Waals surface area contributed by atoms with Crippen LogP contribution in [0.15, 0.2) is 64.3 Å². The number of furan rings is 1. The standard InChI is InChI=1S/C18H17N5O2S/c19-14-3-2-12(8-13(14)17(21)11-5-6-25-9-11)23-18(24)10-1-4-16(26-22)15(20)7-10/h1-9,21H,19-20,22H2,(H,23,24). The lowest BCUT2D eigenvalue weighted by Crippen LogP contribution is -2.13. The van der Waals surface area contributed by atoms with Crippen LogP contribution in [-0.4, -0.2) is 11.6 Å². The van der Waals surface area contributed by atoms with Gasteiger partial charge in [-0.15, -0.1) is 0 Å². The third-order valence-electron chi connectivity index (χ3n) is 3.79. The van der Waals surface area contributed by atoms with Crippen molar-refractivity contribution in [3.05, 3.63) is 71.7 Å². The van der Waals surface area contributed by atoms with Crippen molar-refractivity contribution in [2.24, 2.45) is 5.14 Å². The lowest BCUT2D eigenvalue weighted by molar-refractivity contribution is 0.102. The molecular weight excluding hydrogens is 350 g/mol. The van der Waals surface area contributed by atoms with Crippen LogP contribution in [-0.2, 0) is 0 Å². The maximum absolute atomic E-state index is 12.5. The van der Waals surface area contributed by atoms with Crippen LogP contribution >= 0.6 is 11.9 Å². The topological polar surface area (TPSA) is 144 Å².